The zero-order valence-corrected chi connectivity index (χ0v) is 16.2. The van der Waals surface area contributed by atoms with E-state index >= 15 is 0 Å². The Bertz CT molecular complexity index is 1270. The molecule has 4 rings (SSSR count). The van der Waals surface area contributed by atoms with Gasteiger partial charge in [0.15, 0.2) is 17.3 Å². The number of halogens is 2. The summed E-state index contributed by atoms with van der Waals surface area (Å²) in [5.74, 6) is -2.48. The number of hydrogen-bond donors (Lipinski definition) is 2. The minimum absolute atomic E-state index is 0.0327. The zero-order chi connectivity index (χ0) is 21.6. The molecule has 0 radical (unpaired) electrons. The minimum Gasteiger partial charge on any atom is -0.347 e. The van der Waals surface area contributed by atoms with E-state index in [0.29, 0.717) is 18.5 Å². The second kappa shape index (κ2) is 6.99. The number of hydrogen-bond acceptors (Lipinski definition) is 5. The number of carbonyl (C=O) groups is 1. The first-order valence-corrected chi connectivity index (χ1v) is 9.32. The van der Waals surface area contributed by atoms with Crippen molar-refractivity contribution in [2.75, 3.05) is 0 Å². The van der Waals surface area contributed by atoms with Gasteiger partial charge in [-0.1, -0.05) is 0 Å². The number of nitrogens with zero attached hydrogens (tertiary/aromatic N) is 3. The molecule has 0 saturated heterocycles. The Morgan fingerprint density at radius 3 is 2.63 bits per heavy atom. The van der Waals surface area contributed by atoms with E-state index in [1.54, 1.807) is 6.92 Å². The van der Waals surface area contributed by atoms with Gasteiger partial charge in [0.05, 0.1) is 35.1 Å². The Balaban J connectivity index is 1.71. The van der Waals surface area contributed by atoms with Crippen molar-refractivity contribution < 1.29 is 13.6 Å². The maximum Gasteiger partial charge on any atom is 0.252 e. The molecule has 3 aromatic rings. The predicted molar refractivity (Wildman–Crippen MR) is 103 cm³/mol. The molecule has 30 heavy (non-hydrogen) atoms. The van der Waals surface area contributed by atoms with Crippen LogP contribution in [0.1, 0.15) is 48.3 Å². The van der Waals surface area contributed by atoms with Crippen molar-refractivity contribution in [2.45, 2.75) is 38.1 Å². The molecule has 1 atom stereocenters. The maximum atomic E-state index is 14.4. The van der Waals surface area contributed by atoms with E-state index in [1.165, 1.54) is 25.4 Å². The Labute approximate surface area is 169 Å². The van der Waals surface area contributed by atoms with Gasteiger partial charge in [0, 0.05) is 10.9 Å². The Kier molecular flexibility index (Phi) is 4.57. The smallest absolute Gasteiger partial charge is 0.252 e. The van der Waals surface area contributed by atoms with Crippen LogP contribution in [0.15, 0.2) is 29.3 Å². The summed E-state index contributed by atoms with van der Waals surface area (Å²) in [7, 11) is 0. The van der Waals surface area contributed by atoms with Gasteiger partial charge in [-0.3, -0.25) is 14.6 Å². The summed E-state index contributed by atoms with van der Waals surface area (Å²) in [5.41, 5.74) is -0.417. The lowest BCUT2D eigenvalue weighted by Gasteiger charge is -2.21. The van der Waals surface area contributed by atoms with Gasteiger partial charge in [0.2, 0.25) is 5.91 Å². The molecule has 2 heterocycles. The third kappa shape index (κ3) is 3.01. The predicted octanol–water partition coefficient (Wildman–Crippen LogP) is 2.69. The van der Waals surface area contributed by atoms with E-state index < -0.39 is 34.6 Å². The minimum atomic E-state index is -1.11. The van der Waals surface area contributed by atoms with Gasteiger partial charge in [-0.05, 0) is 44.4 Å². The van der Waals surface area contributed by atoms with Crippen molar-refractivity contribution in [1.82, 2.24) is 20.3 Å². The molecule has 1 aliphatic carbocycles. The van der Waals surface area contributed by atoms with Crippen LogP contribution in [0.3, 0.4) is 0 Å². The molecule has 1 aliphatic rings. The molecular formula is C21H17F2N5O2. The number of rotatable bonds is 4. The largest absolute Gasteiger partial charge is 0.347 e. The maximum absolute atomic E-state index is 14.4. The number of amides is 1. The van der Waals surface area contributed by atoms with Gasteiger partial charge in [-0.2, -0.15) is 5.26 Å². The number of fused-ring (bicyclic) bond motifs is 1. The molecule has 152 valence electrons. The number of benzene rings is 1. The highest BCUT2D eigenvalue weighted by Gasteiger charge is 2.54. The van der Waals surface area contributed by atoms with Gasteiger partial charge in [0.1, 0.15) is 6.07 Å². The van der Waals surface area contributed by atoms with Gasteiger partial charge >= 0.3 is 0 Å². The van der Waals surface area contributed by atoms with Crippen LogP contribution in [0.2, 0.25) is 0 Å². The fourth-order valence-electron chi connectivity index (χ4n) is 3.82. The molecule has 2 N–H and O–H groups in total. The molecule has 1 amide bonds. The van der Waals surface area contributed by atoms with E-state index in [2.05, 4.69) is 20.3 Å². The molecule has 0 bridgehead atoms. The Morgan fingerprint density at radius 2 is 2.03 bits per heavy atom. The second-order valence-corrected chi connectivity index (χ2v) is 7.45. The van der Waals surface area contributed by atoms with Gasteiger partial charge < -0.3 is 10.3 Å². The number of aromatic nitrogens is 3. The van der Waals surface area contributed by atoms with Crippen molar-refractivity contribution in [3.63, 3.8) is 0 Å². The quantitative estimate of drug-likeness (QED) is 0.688. The number of nitriles is 1. The number of nitrogens with one attached hydrogen (secondary N) is 2. The number of aryl methyl sites for hydroxylation is 1. The number of carbonyl (C=O) groups excluding carboxylic acids is 1. The topological polar surface area (TPSA) is 112 Å². The van der Waals surface area contributed by atoms with Gasteiger partial charge in [0.25, 0.3) is 5.56 Å². The highest BCUT2D eigenvalue weighted by atomic mass is 19.2. The molecule has 1 fully saturated rings. The van der Waals surface area contributed by atoms with Crippen molar-refractivity contribution in [3.8, 4) is 6.07 Å². The summed E-state index contributed by atoms with van der Waals surface area (Å²) in [6.07, 6.45) is 3.53. The lowest BCUT2D eigenvalue weighted by molar-refractivity contribution is -0.124. The molecule has 1 aromatic carbocycles. The van der Waals surface area contributed by atoms with Crippen molar-refractivity contribution in [1.29, 1.82) is 5.26 Å². The molecule has 0 spiro atoms. The number of pyridine rings is 1. The number of H-pyrrole nitrogens is 1. The van der Waals surface area contributed by atoms with Crippen LogP contribution in [0.5, 0.6) is 0 Å². The van der Waals surface area contributed by atoms with E-state index in [0.717, 1.165) is 6.07 Å². The van der Waals surface area contributed by atoms with Gasteiger partial charge in [-0.15, -0.1) is 0 Å². The van der Waals surface area contributed by atoms with E-state index in [1.807, 2.05) is 6.07 Å². The third-order valence-electron chi connectivity index (χ3n) is 5.56. The zero-order valence-electron chi connectivity index (χ0n) is 16.2. The van der Waals surface area contributed by atoms with Crippen molar-refractivity contribution in [3.05, 3.63) is 69.0 Å². The molecule has 0 aliphatic heterocycles. The highest BCUT2D eigenvalue weighted by molar-refractivity contribution is 5.94. The molecule has 2 aromatic heterocycles. The molecule has 7 nitrogen and oxygen atoms in total. The van der Waals surface area contributed by atoms with E-state index in [4.69, 9.17) is 5.26 Å². The normalized spacial score (nSPS) is 15.4. The first-order chi connectivity index (χ1) is 14.3. The average molecular weight is 409 g/mol. The second-order valence-electron chi connectivity index (χ2n) is 7.45. The Morgan fingerprint density at radius 1 is 1.30 bits per heavy atom. The summed E-state index contributed by atoms with van der Waals surface area (Å²) in [6.45, 7) is 3.23. The van der Waals surface area contributed by atoms with Crippen LogP contribution in [0, 0.1) is 29.9 Å². The SMILES string of the molecule is Cc1c(C2(C(=O)N[C@@H](C)c3cnc(C#N)cn3)CC2)c(=O)[nH]c2ccc(F)c(F)c12. The Hall–Kier alpha value is -3.67. The summed E-state index contributed by atoms with van der Waals surface area (Å²) in [4.78, 5) is 36.5. The van der Waals surface area contributed by atoms with Crippen molar-refractivity contribution >= 4 is 16.8 Å². The lowest BCUT2D eigenvalue weighted by Crippen LogP contribution is -2.40. The average Bonchev–Trinajstić information content (AvgIpc) is 3.52. The van der Waals surface area contributed by atoms with Crippen LogP contribution in [-0.4, -0.2) is 20.9 Å². The summed E-state index contributed by atoms with van der Waals surface area (Å²) < 4.78 is 28.2. The van der Waals surface area contributed by atoms with Crippen LogP contribution in [-0.2, 0) is 10.2 Å². The van der Waals surface area contributed by atoms with Crippen LogP contribution < -0.4 is 10.9 Å². The first-order valence-electron chi connectivity index (χ1n) is 9.32. The summed E-state index contributed by atoms with van der Waals surface area (Å²) >= 11 is 0. The van der Waals surface area contributed by atoms with E-state index in [9.17, 15) is 18.4 Å². The molecule has 9 heteroatoms. The fourth-order valence-corrected chi connectivity index (χ4v) is 3.82. The third-order valence-corrected chi connectivity index (χ3v) is 5.56. The molecule has 1 saturated carbocycles. The van der Waals surface area contributed by atoms with Crippen LogP contribution in [0.4, 0.5) is 8.78 Å². The highest BCUT2D eigenvalue weighted by Crippen LogP contribution is 2.49. The fraction of sp³-hybridized carbons (Fsp3) is 0.286. The van der Waals surface area contributed by atoms with E-state index in [-0.39, 0.29) is 27.7 Å². The molecule has 0 unspecified atom stereocenters. The summed E-state index contributed by atoms with van der Waals surface area (Å²) in [5, 5.41) is 11.6. The van der Waals surface area contributed by atoms with Crippen LogP contribution >= 0.6 is 0 Å². The van der Waals surface area contributed by atoms with Crippen molar-refractivity contribution in [2.24, 2.45) is 0 Å². The first kappa shape index (κ1) is 19.6. The van der Waals surface area contributed by atoms with Gasteiger partial charge in [-0.25, -0.2) is 13.8 Å². The monoisotopic (exact) mass is 409 g/mol. The van der Waals surface area contributed by atoms with Crippen LogP contribution in [0.25, 0.3) is 10.9 Å². The standard InChI is InChI=1S/C21H17F2N5O2/c1-10-16-14(4-3-13(22)18(16)23)28-19(29)17(10)21(5-6-21)20(30)27-11(2)15-9-25-12(7-24)8-26-15/h3-4,8-9,11H,5-6H2,1-2H3,(H,27,30)(H,28,29)/t11-/m0/s1. The lowest BCUT2D eigenvalue weighted by atomic mass is 9.89. The molecular weight excluding hydrogens is 392 g/mol. The summed E-state index contributed by atoms with van der Waals surface area (Å²) in [6, 6.07) is 3.60. The number of aromatic amines is 1.